The van der Waals surface area contributed by atoms with Crippen LogP contribution in [0, 0.1) is 0 Å². The summed E-state index contributed by atoms with van der Waals surface area (Å²) in [6, 6.07) is 31.3. The molecule has 12 heterocycles. The fourth-order valence-corrected chi connectivity index (χ4v) is 16.2. The summed E-state index contributed by atoms with van der Waals surface area (Å²) in [6.07, 6.45) is 14.8. The summed E-state index contributed by atoms with van der Waals surface area (Å²) in [4.78, 5) is 96.0. The van der Waals surface area contributed by atoms with Gasteiger partial charge in [-0.25, -0.2) is 58.6 Å². The van der Waals surface area contributed by atoms with Gasteiger partial charge in [-0.1, -0.05) is 114 Å². The van der Waals surface area contributed by atoms with Crippen LogP contribution in [0.15, 0.2) is 128 Å². The molecule has 2 aliphatic carbocycles. The maximum atomic E-state index is 12.7. The van der Waals surface area contributed by atoms with Crippen molar-refractivity contribution in [1.82, 2.24) is 110 Å². The van der Waals surface area contributed by atoms with Crippen LogP contribution in [0.4, 0.5) is 29.0 Å². The number of rotatable bonds is 11. The molecule has 2 saturated carbocycles. The second-order valence-corrected chi connectivity index (χ2v) is 32.5. The SMILES string of the molecule is CC(=O)c1ccc2c(Cl)c(-c3nn(C(C)(C)C)c4ncnc(N)c34)[nH]c2c1.CC(C)(C)n1nc(-c2[nH]c3cc(C(=O)Nc4ccccc4)ccc3c2Cl)c2c(N)ncnc21.CNC(=O)c1ccc2c(Cl)c(-c3nn(C4CCC4)c4ncnc(N)c34)[nH]c2c1.CNC(=O)c1ccc2c(Cl)c(-c3nn(C4CCCCC4)c4ncnc(N)c34)[nH]c2c1. The van der Waals surface area contributed by atoms with E-state index in [0.29, 0.717) is 161 Å². The molecule has 2 fully saturated rings. The van der Waals surface area contributed by atoms with Crippen molar-refractivity contribution in [3.8, 4) is 45.6 Å². The number of carbonyl (C=O) groups excluding carboxylic acids is 4. The van der Waals surface area contributed by atoms with Crippen molar-refractivity contribution in [3.05, 3.63) is 171 Å². The number of halogens is 4. The molecule has 0 unspecified atom stereocenters. The van der Waals surface area contributed by atoms with E-state index in [1.165, 1.54) is 57.9 Å². The zero-order chi connectivity index (χ0) is 83.1. The zero-order valence-corrected chi connectivity index (χ0v) is 68.6. The van der Waals surface area contributed by atoms with E-state index in [1.807, 2.05) is 115 Å². The van der Waals surface area contributed by atoms with Gasteiger partial charge in [0.2, 0.25) is 0 Å². The molecule has 31 nitrogen and oxygen atoms in total. The van der Waals surface area contributed by atoms with Gasteiger partial charge in [-0.05, 0) is 135 Å². The molecule has 35 heteroatoms. The van der Waals surface area contributed by atoms with Crippen molar-refractivity contribution >= 4 is 187 Å². The molecule has 0 saturated heterocycles. The quantitative estimate of drug-likeness (QED) is 0.0536. The van der Waals surface area contributed by atoms with Gasteiger partial charge in [-0.15, -0.1) is 0 Å². The number of benzene rings is 5. The van der Waals surface area contributed by atoms with Gasteiger partial charge in [0, 0.05) is 85.6 Å². The first-order chi connectivity index (χ1) is 56.6. The van der Waals surface area contributed by atoms with Crippen LogP contribution in [0.2, 0.25) is 20.1 Å². The first-order valence-corrected chi connectivity index (χ1v) is 39.6. The topological polar surface area (TPSA) is 446 Å². The molecular weight excluding hydrogens is 1580 g/mol. The minimum Gasteiger partial charge on any atom is -0.383 e. The lowest BCUT2D eigenvalue weighted by Gasteiger charge is -2.25. The maximum Gasteiger partial charge on any atom is 0.255 e. The Morgan fingerprint density at radius 3 is 1.04 bits per heavy atom. The van der Waals surface area contributed by atoms with E-state index in [1.54, 1.807) is 62.6 Å². The molecule has 0 bridgehead atoms. The van der Waals surface area contributed by atoms with Gasteiger partial charge >= 0.3 is 0 Å². The van der Waals surface area contributed by atoms with Gasteiger partial charge in [0.25, 0.3) is 17.7 Å². The van der Waals surface area contributed by atoms with Crippen molar-refractivity contribution in [2.45, 2.75) is 123 Å². The smallest absolute Gasteiger partial charge is 0.255 e. The number of para-hydroxylation sites is 1. The lowest BCUT2D eigenvalue weighted by molar-refractivity contribution is 0.0955. The average Bonchev–Trinajstić information content (AvgIpc) is 1.60. The van der Waals surface area contributed by atoms with Crippen LogP contribution < -0.4 is 38.9 Å². The Morgan fingerprint density at radius 1 is 0.398 bits per heavy atom. The molecule has 0 radical (unpaired) electrons. The van der Waals surface area contributed by atoms with Gasteiger partial charge in [-0.2, -0.15) is 20.4 Å². The van der Waals surface area contributed by atoms with Crippen LogP contribution in [-0.2, 0) is 11.1 Å². The Labute approximate surface area is 692 Å². The van der Waals surface area contributed by atoms with Crippen molar-refractivity contribution < 1.29 is 19.2 Å². The first-order valence-electron chi connectivity index (χ1n) is 38.1. The van der Waals surface area contributed by atoms with Gasteiger partial charge in [0.1, 0.15) is 71.4 Å². The number of nitrogen functional groups attached to an aromatic ring is 4. The van der Waals surface area contributed by atoms with E-state index < -0.39 is 0 Å². The molecule has 600 valence electrons. The van der Waals surface area contributed by atoms with Crippen molar-refractivity contribution in [2.75, 3.05) is 42.3 Å². The summed E-state index contributed by atoms with van der Waals surface area (Å²) >= 11 is 26.8. The highest BCUT2D eigenvalue weighted by Gasteiger charge is 2.33. The average molecular weight is 1660 g/mol. The molecule has 3 amide bonds. The lowest BCUT2D eigenvalue weighted by Crippen LogP contribution is -2.23. The summed E-state index contributed by atoms with van der Waals surface area (Å²) in [5, 5.41) is 35.4. The molecule has 0 aliphatic heterocycles. The number of nitrogens with zero attached hydrogens (tertiary/aromatic N) is 16. The zero-order valence-electron chi connectivity index (χ0n) is 65.5. The van der Waals surface area contributed by atoms with Crippen molar-refractivity contribution in [3.63, 3.8) is 0 Å². The van der Waals surface area contributed by atoms with E-state index in [2.05, 4.69) is 75.8 Å². The highest BCUT2D eigenvalue weighted by Crippen LogP contribution is 2.46. The standard InChI is InChI=1S/C24H22ClN7O.C21H22ClN7O.C19H18ClN7O.C19H19ClN6O/c1-24(2,3)32-22-17(21(26)27-12-28-22)19(31-32)20-18(25)15-10-9-13(11-16(15)30-20)23(33)29-14-7-5-4-6-8-14;1-24-21(30)11-7-8-13-14(9-11)27-18(16(13)22)17-15-19(23)25-10-26-20(15)29(28-17)12-5-3-2-4-6-12;1-22-19(28)9-5-6-11-12(7-9)25-16(14(11)20)15-13-17(21)23-8-24-18(13)27(26-15)10-3-2-4-10;1-9(27)10-5-6-11-12(7-10)24-16(14(11)20)15-13-17(21)22-8-23-18(13)26(25-15)19(2,3)4/h4-12,30H,1-3H3,(H,29,33)(H2,26,27,28);7-10,12,27H,2-6H2,1H3,(H,24,30)(H2,23,25,26);5-8,10,25H,2-4H2,1H3,(H,22,28)(H2,21,23,24);5-8,24H,1-4H3,(H2,21,22,23). The third kappa shape index (κ3) is 14.3. The lowest BCUT2D eigenvalue weighted by atomic mass is 9.93. The molecule has 0 atom stereocenters. The van der Waals surface area contributed by atoms with Crippen LogP contribution in [0.1, 0.15) is 153 Å². The Morgan fingerprint density at radius 2 is 0.712 bits per heavy atom. The van der Waals surface area contributed by atoms with Crippen molar-refractivity contribution in [1.29, 1.82) is 0 Å². The second kappa shape index (κ2) is 31.2. The number of aromatic amines is 4. The molecule has 19 rings (SSSR count). The van der Waals surface area contributed by atoms with E-state index in [4.69, 9.17) is 89.7 Å². The molecule has 5 aromatic carbocycles. The van der Waals surface area contributed by atoms with Crippen LogP contribution in [0.5, 0.6) is 0 Å². The van der Waals surface area contributed by atoms with E-state index in [9.17, 15) is 19.2 Å². The first kappa shape index (κ1) is 78.8. The summed E-state index contributed by atoms with van der Waals surface area (Å²) in [5.74, 6) is 0.858. The fourth-order valence-electron chi connectivity index (χ4n) is 15.0. The minimum absolute atomic E-state index is 0.00993. The van der Waals surface area contributed by atoms with Crippen LogP contribution in [0.25, 0.3) is 133 Å². The molecular formula is C83H81Cl4N27O4. The number of H-pyrrole nitrogens is 4. The predicted molar refractivity (Wildman–Crippen MR) is 464 cm³/mol. The second-order valence-electron chi connectivity index (χ2n) is 31.0. The van der Waals surface area contributed by atoms with E-state index in [-0.39, 0.29) is 40.6 Å². The molecule has 118 heavy (non-hydrogen) atoms. The summed E-state index contributed by atoms with van der Waals surface area (Å²) in [5.41, 5.74) is 37.7. The third-order valence-electron chi connectivity index (χ3n) is 21.2. The minimum atomic E-state index is -0.335. The Kier molecular flexibility index (Phi) is 20.8. The number of nitrogens with one attached hydrogen (secondary N) is 7. The van der Waals surface area contributed by atoms with Gasteiger partial charge in [0.05, 0.1) is 87.6 Å². The van der Waals surface area contributed by atoms with Crippen LogP contribution in [-0.4, -0.2) is 137 Å². The summed E-state index contributed by atoms with van der Waals surface area (Å²) in [6.45, 7) is 13.7. The number of hydrogen-bond acceptors (Lipinski definition) is 20. The molecule has 0 spiro atoms. The molecule has 15 N–H and O–H groups in total. The Hall–Kier alpha value is -13.1. The largest absolute Gasteiger partial charge is 0.383 e. The number of aromatic nitrogens is 20. The third-order valence-corrected chi connectivity index (χ3v) is 22.8. The Bertz CT molecular complexity index is 6860. The monoisotopic (exact) mass is 1660 g/mol. The van der Waals surface area contributed by atoms with Gasteiger partial charge in [-0.3, -0.25) is 19.2 Å². The molecule has 12 aromatic heterocycles. The van der Waals surface area contributed by atoms with Gasteiger partial charge < -0.3 is 58.8 Å². The van der Waals surface area contributed by atoms with Crippen LogP contribution >= 0.6 is 46.4 Å². The van der Waals surface area contributed by atoms with E-state index >= 15 is 0 Å². The number of hydrogen-bond donors (Lipinski definition) is 11. The number of amides is 3. The maximum absolute atomic E-state index is 12.7. The van der Waals surface area contributed by atoms with Crippen molar-refractivity contribution in [2.24, 2.45) is 0 Å². The number of fused-ring (bicyclic) bond motifs is 8. The van der Waals surface area contributed by atoms with Gasteiger partial charge in [0.15, 0.2) is 28.4 Å². The summed E-state index contributed by atoms with van der Waals surface area (Å²) in [7, 11) is 3.20. The number of nitrogens with two attached hydrogens (primary N) is 4. The highest BCUT2D eigenvalue weighted by atomic mass is 35.5. The van der Waals surface area contributed by atoms with E-state index in [0.717, 1.165) is 75.1 Å². The fraction of sp³-hybridized carbons (Fsp3) is 0.253. The normalized spacial score (nSPS) is 13.4. The Balaban J connectivity index is 0.000000118. The predicted octanol–water partition coefficient (Wildman–Crippen LogP) is 16.8. The van der Waals surface area contributed by atoms with Crippen LogP contribution in [0.3, 0.4) is 0 Å². The number of ketones is 1. The molecule has 2 aliphatic rings. The number of carbonyl (C=O) groups is 4. The molecule has 17 aromatic rings. The summed E-state index contributed by atoms with van der Waals surface area (Å²) < 4.78 is 7.55. The number of anilines is 5. The number of Topliss-reactive ketones (excluding diaryl/α,β-unsaturated/α-hetero) is 1. The highest BCUT2D eigenvalue weighted by molar-refractivity contribution is 6.41.